The number of nitrogens with zero attached hydrogens (tertiary/aromatic N) is 1. The normalized spacial score (nSPS) is 10.9. The van der Waals surface area contributed by atoms with Crippen LogP contribution in [0.2, 0.25) is 0 Å². The average molecular weight is 274 g/mol. The summed E-state index contributed by atoms with van der Waals surface area (Å²) in [6.45, 7) is 6.60. The Kier molecular flexibility index (Phi) is 5.32. The summed E-state index contributed by atoms with van der Waals surface area (Å²) in [5.41, 5.74) is 3.58. The van der Waals surface area contributed by atoms with Crippen molar-refractivity contribution in [2.45, 2.75) is 20.3 Å². The van der Waals surface area contributed by atoms with Crippen LogP contribution in [0.4, 0.5) is 0 Å². The first kappa shape index (κ1) is 14.8. The predicted octanol–water partition coefficient (Wildman–Crippen LogP) is 2.74. The molecule has 4 nitrogen and oxygen atoms in total. The monoisotopic (exact) mass is 274 g/mol. The van der Waals surface area contributed by atoms with Crippen LogP contribution in [0, 0.1) is 13.8 Å². The molecule has 0 unspecified atom stereocenters. The Bertz CT molecular complexity index is 529. The fourth-order valence-corrected chi connectivity index (χ4v) is 2.24. The summed E-state index contributed by atoms with van der Waals surface area (Å²) < 4.78 is 10.8. The molecule has 2 aromatic rings. The number of hydrogen-bond acceptors (Lipinski definition) is 4. The third-order valence-electron chi connectivity index (χ3n) is 3.28. The molecule has 0 saturated heterocycles. The van der Waals surface area contributed by atoms with Gasteiger partial charge in [0.05, 0.1) is 12.8 Å². The maximum absolute atomic E-state index is 5.86. The zero-order valence-electron chi connectivity index (χ0n) is 12.4. The lowest BCUT2D eigenvalue weighted by atomic mass is 10.0. The Morgan fingerprint density at radius 1 is 1.20 bits per heavy atom. The van der Waals surface area contributed by atoms with E-state index in [1.807, 2.05) is 6.20 Å². The SMILES string of the molecule is COCCNCCc1ncc(-c2c(C)cccc2C)o1. The minimum absolute atomic E-state index is 0.721. The molecule has 2 rings (SSSR count). The zero-order chi connectivity index (χ0) is 14.4. The fourth-order valence-electron chi connectivity index (χ4n) is 2.24. The van der Waals surface area contributed by atoms with Gasteiger partial charge in [0.1, 0.15) is 0 Å². The second-order valence-corrected chi connectivity index (χ2v) is 4.88. The van der Waals surface area contributed by atoms with Crippen molar-refractivity contribution in [3.63, 3.8) is 0 Å². The second kappa shape index (κ2) is 7.22. The van der Waals surface area contributed by atoms with Gasteiger partial charge in [0.25, 0.3) is 0 Å². The van der Waals surface area contributed by atoms with Gasteiger partial charge in [-0.1, -0.05) is 18.2 Å². The molecule has 0 fully saturated rings. The van der Waals surface area contributed by atoms with E-state index >= 15 is 0 Å². The van der Waals surface area contributed by atoms with Gasteiger partial charge in [-0.3, -0.25) is 0 Å². The molecule has 20 heavy (non-hydrogen) atoms. The highest BCUT2D eigenvalue weighted by Crippen LogP contribution is 2.27. The average Bonchev–Trinajstić information content (AvgIpc) is 2.87. The summed E-state index contributed by atoms with van der Waals surface area (Å²) in [6, 6.07) is 6.25. The van der Waals surface area contributed by atoms with Crippen molar-refractivity contribution in [3.8, 4) is 11.3 Å². The number of rotatable bonds is 7. The molecule has 0 atom stereocenters. The van der Waals surface area contributed by atoms with Crippen LogP contribution in [0.5, 0.6) is 0 Å². The molecule has 0 amide bonds. The molecular weight excluding hydrogens is 252 g/mol. The van der Waals surface area contributed by atoms with Crippen LogP contribution in [-0.2, 0) is 11.2 Å². The van der Waals surface area contributed by atoms with Gasteiger partial charge in [-0.05, 0) is 25.0 Å². The smallest absolute Gasteiger partial charge is 0.196 e. The molecular formula is C16H22N2O2. The molecule has 1 aromatic heterocycles. The number of aromatic nitrogens is 1. The topological polar surface area (TPSA) is 47.3 Å². The summed E-state index contributed by atoms with van der Waals surface area (Å²) >= 11 is 0. The molecule has 1 aromatic carbocycles. The van der Waals surface area contributed by atoms with Crippen LogP contribution < -0.4 is 5.32 Å². The third-order valence-corrected chi connectivity index (χ3v) is 3.28. The maximum Gasteiger partial charge on any atom is 0.196 e. The number of nitrogens with one attached hydrogen (secondary N) is 1. The van der Waals surface area contributed by atoms with E-state index in [0.29, 0.717) is 0 Å². The van der Waals surface area contributed by atoms with Crippen molar-refractivity contribution in [1.82, 2.24) is 10.3 Å². The van der Waals surface area contributed by atoms with Gasteiger partial charge in [-0.2, -0.15) is 0 Å². The molecule has 108 valence electrons. The van der Waals surface area contributed by atoms with Crippen LogP contribution in [0.3, 0.4) is 0 Å². The Morgan fingerprint density at radius 3 is 2.65 bits per heavy atom. The van der Waals surface area contributed by atoms with Crippen molar-refractivity contribution in [2.75, 3.05) is 26.8 Å². The number of methoxy groups -OCH3 is 1. The Balaban J connectivity index is 1.98. The lowest BCUT2D eigenvalue weighted by Crippen LogP contribution is -2.21. The standard InChI is InChI=1S/C16H22N2O2/c1-12-5-4-6-13(2)16(12)14-11-18-15(20-14)7-8-17-9-10-19-3/h4-6,11,17H,7-10H2,1-3H3. The highest BCUT2D eigenvalue weighted by atomic mass is 16.5. The van der Waals surface area contributed by atoms with E-state index in [4.69, 9.17) is 9.15 Å². The summed E-state index contributed by atoms with van der Waals surface area (Å²) in [7, 11) is 1.70. The summed E-state index contributed by atoms with van der Waals surface area (Å²) in [5.74, 6) is 1.63. The van der Waals surface area contributed by atoms with Crippen molar-refractivity contribution < 1.29 is 9.15 Å². The van der Waals surface area contributed by atoms with Crippen LogP contribution in [0.25, 0.3) is 11.3 Å². The predicted molar refractivity (Wildman–Crippen MR) is 79.9 cm³/mol. The van der Waals surface area contributed by atoms with E-state index < -0.39 is 0 Å². The van der Waals surface area contributed by atoms with E-state index in [0.717, 1.165) is 43.3 Å². The molecule has 0 radical (unpaired) electrons. The number of aryl methyl sites for hydroxylation is 2. The molecule has 0 spiro atoms. The first-order chi connectivity index (χ1) is 9.72. The van der Waals surface area contributed by atoms with Crippen molar-refractivity contribution in [2.24, 2.45) is 0 Å². The Labute approximate surface area is 120 Å². The summed E-state index contributed by atoms with van der Waals surface area (Å²) in [6.07, 6.45) is 2.61. The van der Waals surface area contributed by atoms with Crippen LogP contribution in [-0.4, -0.2) is 31.8 Å². The van der Waals surface area contributed by atoms with Gasteiger partial charge < -0.3 is 14.5 Å². The Hall–Kier alpha value is -1.65. The van der Waals surface area contributed by atoms with Crippen LogP contribution in [0.1, 0.15) is 17.0 Å². The highest BCUT2D eigenvalue weighted by molar-refractivity contribution is 5.65. The van der Waals surface area contributed by atoms with E-state index in [1.165, 1.54) is 11.1 Å². The largest absolute Gasteiger partial charge is 0.441 e. The third kappa shape index (κ3) is 3.68. The van der Waals surface area contributed by atoms with Gasteiger partial charge in [0.15, 0.2) is 11.7 Å². The molecule has 1 N–H and O–H groups in total. The van der Waals surface area contributed by atoms with Gasteiger partial charge in [0.2, 0.25) is 0 Å². The summed E-state index contributed by atoms with van der Waals surface area (Å²) in [5, 5.41) is 3.28. The van der Waals surface area contributed by atoms with E-state index in [2.05, 4.69) is 42.3 Å². The van der Waals surface area contributed by atoms with Gasteiger partial charge in [-0.15, -0.1) is 0 Å². The summed E-state index contributed by atoms with van der Waals surface area (Å²) in [4.78, 5) is 4.35. The fraction of sp³-hybridized carbons (Fsp3) is 0.438. The second-order valence-electron chi connectivity index (χ2n) is 4.88. The number of oxazole rings is 1. The highest BCUT2D eigenvalue weighted by Gasteiger charge is 2.10. The molecule has 0 aliphatic heterocycles. The van der Waals surface area contributed by atoms with Crippen molar-refractivity contribution in [1.29, 1.82) is 0 Å². The van der Waals surface area contributed by atoms with Crippen molar-refractivity contribution in [3.05, 3.63) is 41.4 Å². The van der Waals surface area contributed by atoms with Crippen LogP contribution in [0.15, 0.2) is 28.8 Å². The molecule has 0 saturated carbocycles. The van der Waals surface area contributed by atoms with Crippen molar-refractivity contribution >= 4 is 0 Å². The lowest BCUT2D eigenvalue weighted by Gasteiger charge is -2.05. The first-order valence-electron chi connectivity index (χ1n) is 6.93. The minimum atomic E-state index is 0.721. The lowest BCUT2D eigenvalue weighted by molar-refractivity contribution is 0.199. The number of ether oxygens (including phenoxy) is 1. The minimum Gasteiger partial charge on any atom is -0.441 e. The van der Waals surface area contributed by atoms with E-state index in [-0.39, 0.29) is 0 Å². The molecule has 4 heteroatoms. The maximum atomic E-state index is 5.86. The quantitative estimate of drug-likeness (QED) is 0.789. The van der Waals surface area contributed by atoms with Gasteiger partial charge >= 0.3 is 0 Å². The molecule has 1 heterocycles. The first-order valence-corrected chi connectivity index (χ1v) is 6.93. The van der Waals surface area contributed by atoms with E-state index in [9.17, 15) is 0 Å². The molecule has 0 bridgehead atoms. The van der Waals surface area contributed by atoms with Gasteiger partial charge in [0, 0.05) is 32.2 Å². The Morgan fingerprint density at radius 2 is 1.95 bits per heavy atom. The zero-order valence-corrected chi connectivity index (χ0v) is 12.4. The number of hydrogen-bond donors (Lipinski definition) is 1. The van der Waals surface area contributed by atoms with Gasteiger partial charge in [-0.25, -0.2) is 4.98 Å². The molecule has 0 aliphatic rings. The van der Waals surface area contributed by atoms with Crippen LogP contribution >= 0.6 is 0 Å². The van der Waals surface area contributed by atoms with E-state index in [1.54, 1.807) is 7.11 Å². The molecule has 0 aliphatic carbocycles. The number of benzene rings is 1.